The van der Waals surface area contributed by atoms with Crippen LogP contribution in [-0.4, -0.2) is 31.6 Å². The van der Waals surface area contributed by atoms with E-state index in [0.29, 0.717) is 30.0 Å². The van der Waals surface area contributed by atoms with Crippen molar-refractivity contribution in [3.8, 4) is 0 Å². The summed E-state index contributed by atoms with van der Waals surface area (Å²) in [5.74, 6) is -0.313. The van der Waals surface area contributed by atoms with Crippen LogP contribution in [0.2, 0.25) is 0 Å². The van der Waals surface area contributed by atoms with Crippen LogP contribution in [0.1, 0.15) is 22.4 Å². The molecule has 1 aromatic heterocycles. The molecule has 1 aromatic carbocycles. The fraction of sp³-hybridized carbons (Fsp3) is 0.286. The first-order valence-corrected chi connectivity index (χ1v) is 9.53. The average Bonchev–Trinajstić information content (AvgIpc) is 2.98. The molecule has 0 aliphatic heterocycles. The highest BCUT2D eigenvalue weighted by atomic mass is 32.2. The number of carbonyl (C=O) groups excluding carboxylic acids is 1. The molecule has 2 aromatic rings. The second-order valence-electron chi connectivity index (χ2n) is 4.70. The fourth-order valence-electron chi connectivity index (χ4n) is 1.72. The Morgan fingerprint density at radius 1 is 1.26 bits per heavy atom. The maximum absolute atomic E-state index is 12.1. The molecule has 0 bridgehead atoms. The van der Waals surface area contributed by atoms with Gasteiger partial charge in [0.05, 0.1) is 10.8 Å². The molecule has 0 spiro atoms. The number of nitrogens with two attached hydrogens (primary N) is 1. The summed E-state index contributed by atoms with van der Waals surface area (Å²) in [4.78, 5) is 16.3. The van der Waals surface area contributed by atoms with Crippen molar-refractivity contribution in [2.45, 2.75) is 13.3 Å². The number of thiazole rings is 1. The SMILES string of the molecule is CCS(=O)(=O)Nc1ccc(NC(=O)c2csc(CCN)n2)cc1. The minimum absolute atomic E-state index is 0.000443. The van der Waals surface area contributed by atoms with E-state index in [1.807, 2.05) is 0 Å². The van der Waals surface area contributed by atoms with Crippen molar-refractivity contribution in [2.24, 2.45) is 5.73 Å². The topological polar surface area (TPSA) is 114 Å². The van der Waals surface area contributed by atoms with E-state index in [4.69, 9.17) is 5.73 Å². The summed E-state index contributed by atoms with van der Waals surface area (Å²) in [7, 11) is -3.31. The van der Waals surface area contributed by atoms with Gasteiger partial charge in [0.2, 0.25) is 10.0 Å². The molecule has 2 rings (SSSR count). The van der Waals surface area contributed by atoms with Gasteiger partial charge in [-0.3, -0.25) is 9.52 Å². The molecule has 1 amide bonds. The minimum atomic E-state index is -3.31. The van der Waals surface area contributed by atoms with Gasteiger partial charge in [-0.1, -0.05) is 0 Å². The second kappa shape index (κ2) is 7.53. The highest BCUT2D eigenvalue weighted by Crippen LogP contribution is 2.17. The summed E-state index contributed by atoms with van der Waals surface area (Å²) in [6.45, 7) is 2.05. The standard InChI is InChI=1S/C14H18N4O3S2/c1-2-23(20,21)18-11-5-3-10(4-6-11)16-14(19)12-9-22-13(17-12)7-8-15/h3-6,9,18H,2,7-8,15H2,1H3,(H,16,19). The van der Waals surface area contributed by atoms with Gasteiger partial charge in [-0.25, -0.2) is 13.4 Å². The van der Waals surface area contributed by atoms with Gasteiger partial charge in [0.1, 0.15) is 5.69 Å². The van der Waals surface area contributed by atoms with Crippen LogP contribution in [0.3, 0.4) is 0 Å². The Morgan fingerprint density at radius 3 is 2.52 bits per heavy atom. The molecule has 0 aliphatic rings. The Hall–Kier alpha value is -1.97. The molecule has 0 aliphatic carbocycles. The number of amides is 1. The number of anilines is 2. The van der Waals surface area contributed by atoms with Gasteiger partial charge in [0, 0.05) is 23.2 Å². The number of rotatable bonds is 7. The van der Waals surface area contributed by atoms with Crippen molar-refractivity contribution in [3.63, 3.8) is 0 Å². The first kappa shape index (κ1) is 17.4. The lowest BCUT2D eigenvalue weighted by molar-refractivity contribution is 0.102. The Morgan fingerprint density at radius 2 is 1.91 bits per heavy atom. The molecule has 0 fully saturated rings. The summed E-state index contributed by atoms with van der Waals surface area (Å²) in [6.07, 6.45) is 0.643. The predicted octanol–water partition coefficient (Wildman–Crippen LogP) is 1.66. The third-order valence-electron chi connectivity index (χ3n) is 2.94. The lowest BCUT2D eigenvalue weighted by Crippen LogP contribution is -2.15. The summed E-state index contributed by atoms with van der Waals surface area (Å²) < 4.78 is 25.4. The van der Waals surface area contributed by atoms with Crippen LogP contribution in [0, 0.1) is 0 Å². The Balaban J connectivity index is 2.01. The molecule has 0 atom stereocenters. The molecule has 0 saturated heterocycles. The molecule has 4 N–H and O–H groups in total. The summed E-state index contributed by atoms with van der Waals surface area (Å²) in [6, 6.07) is 6.42. The van der Waals surface area contributed by atoms with Gasteiger partial charge in [0.15, 0.2) is 0 Å². The van der Waals surface area contributed by atoms with Crippen LogP contribution in [0.5, 0.6) is 0 Å². The van der Waals surface area contributed by atoms with E-state index in [-0.39, 0.29) is 11.7 Å². The van der Waals surface area contributed by atoms with Crippen LogP contribution in [0.25, 0.3) is 0 Å². The molecule has 124 valence electrons. The van der Waals surface area contributed by atoms with Gasteiger partial charge in [-0.2, -0.15) is 0 Å². The van der Waals surface area contributed by atoms with Gasteiger partial charge < -0.3 is 11.1 Å². The van der Waals surface area contributed by atoms with Gasteiger partial charge in [-0.15, -0.1) is 11.3 Å². The number of aromatic nitrogens is 1. The van der Waals surface area contributed by atoms with Crippen LogP contribution >= 0.6 is 11.3 Å². The van der Waals surface area contributed by atoms with E-state index >= 15 is 0 Å². The highest BCUT2D eigenvalue weighted by molar-refractivity contribution is 7.92. The number of benzene rings is 1. The van der Waals surface area contributed by atoms with Crippen molar-refractivity contribution in [3.05, 3.63) is 40.3 Å². The molecular formula is C14H18N4O3S2. The number of nitrogens with one attached hydrogen (secondary N) is 2. The van der Waals surface area contributed by atoms with Gasteiger partial charge in [-0.05, 0) is 37.7 Å². The molecule has 0 radical (unpaired) electrons. The molecule has 23 heavy (non-hydrogen) atoms. The third-order valence-corrected chi connectivity index (χ3v) is 5.15. The summed E-state index contributed by atoms with van der Waals surface area (Å²) in [5.41, 5.74) is 6.80. The first-order valence-electron chi connectivity index (χ1n) is 7.00. The number of hydrogen-bond donors (Lipinski definition) is 3. The highest BCUT2D eigenvalue weighted by Gasteiger charge is 2.11. The Kier molecular flexibility index (Phi) is 5.69. The largest absolute Gasteiger partial charge is 0.330 e. The molecule has 0 saturated carbocycles. The molecule has 1 heterocycles. The summed E-state index contributed by atoms with van der Waals surface area (Å²) in [5, 5.41) is 5.22. The van der Waals surface area contributed by atoms with Crippen molar-refractivity contribution in [1.29, 1.82) is 0 Å². The van der Waals surface area contributed by atoms with Crippen molar-refractivity contribution >= 4 is 38.6 Å². The van der Waals surface area contributed by atoms with Crippen molar-refractivity contribution < 1.29 is 13.2 Å². The number of hydrogen-bond acceptors (Lipinski definition) is 6. The fourth-order valence-corrected chi connectivity index (χ4v) is 3.16. The minimum Gasteiger partial charge on any atom is -0.330 e. The van der Waals surface area contributed by atoms with Crippen LogP contribution in [-0.2, 0) is 16.4 Å². The van der Waals surface area contributed by atoms with Crippen molar-refractivity contribution in [1.82, 2.24) is 4.98 Å². The van der Waals surface area contributed by atoms with Crippen LogP contribution < -0.4 is 15.8 Å². The molecule has 7 nitrogen and oxygen atoms in total. The molecule has 0 unspecified atom stereocenters. The third kappa shape index (κ3) is 5.02. The van der Waals surface area contributed by atoms with Crippen LogP contribution in [0.15, 0.2) is 29.6 Å². The zero-order valence-corrected chi connectivity index (χ0v) is 14.2. The smallest absolute Gasteiger partial charge is 0.275 e. The lowest BCUT2D eigenvalue weighted by Gasteiger charge is -2.07. The Labute approximate surface area is 139 Å². The average molecular weight is 354 g/mol. The van der Waals surface area contributed by atoms with E-state index in [0.717, 1.165) is 5.01 Å². The maximum Gasteiger partial charge on any atom is 0.275 e. The van der Waals surface area contributed by atoms with E-state index in [1.165, 1.54) is 11.3 Å². The lowest BCUT2D eigenvalue weighted by atomic mass is 10.3. The van der Waals surface area contributed by atoms with Gasteiger partial charge >= 0.3 is 0 Å². The zero-order valence-electron chi connectivity index (χ0n) is 12.6. The molecular weight excluding hydrogens is 336 g/mol. The zero-order chi connectivity index (χ0) is 16.9. The number of nitrogens with zero attached hydrogens (tertiary/aromatic N) is 1. The van der Waals surface area contributed by atoms with Gasteiger partial charge in [0.25, 0.3) is 5.91 Å². The maximum atomic E-state index is 12.1. The molecule has 9 heteroatoms. The van der Waals surface area contributed by atoms with Crippen LogP contribution in [0.4, 0.5) is 11.4 Å². The summed E-state index contributed by atoms with van der Waals surface area (Å²) >= 11 is 1.40. The number of sulfonamides is 1. The number of carbonyl (C=O) groups is 1. The quantitative estimate of drug-likeness (QED) is 0.699. The van der Waals surface area contributed by atoms with E-state index in [2.05, 4.69) is 15.0 Å². The van der Waals surface area contributed by atoms with E-state index in [9.17, 15) is 13.2 Å². The second-order valence-corrected chi connectivity index (χ2v) is 7.66. The Bertz CT molecular complexity index is 770. The first-order chi connectivity index (χ1) is 10.9. The van der Waals surface area contributed by atoms with E-state index in [1.54, 1.807) is 36.6 Å². The predicted molar refractivity (Wildman–Crippen MR) is 92.4 cm³/mol. The monoisotopic (exact) mass is 354 g/mol. The normalized spacial score (nSPS) is 11.2. The van der Waals surface area contributed by atoms with E-state index < -0.39 is 10.0 Å². The van der Waals surface area contributed by atoms with Crippen molar-refractivity contribution in [2.75, 3.05) is 22.3 Å².